The SMILES string of the molecule is NC(=O)C(O)c1ccc(Br)cc1. The van der Waals surface area contributed by atoms with Crippen LogP contribution < -0.4 is 5.73 Å². The number of hydrogen-bond donors (Lipinski definition) is 2. The quantitative estimate of drug-likeness (QED) is 0.794. The zero-order valence-electron chi connectivity index (χ0n) is 6.20. The molecule has 0 saturated carbocycles. The van der Waals surface area contributed by atoms with Crippen LogP contribution in [-0.2, 0) is 4.79 Å². The van der Waals surface area contributed by atoms with Gasteiger partial charge in [-0.25, -0.2) is 0 Å². The Labute approximate surface area is 78.3 Å². The average molecular weight is 230 g/mol. The van der Waals surface area contributed by atoms with Gasteiger partial charge in [0.2, 0.25) is 0 Å². The number of aliphatic hydroxyl groups excluding tert-OH is 1. The highest BCUT2D eigenvalue weighted by Gasteiger charge is 2.12. The fraction of sp³-hybridized carbons (Fsp3) is 0.125. The maximum absolute atomic E-state index is 10.5. The summed E-state index contributed by atoms with van der Waals surface area (Å²) in [4.78, 5) is 10.5. The number of halogens is 1. The molecule has 1 rings (SSSR count). The summed E-state index contributed by atoms with van der Waals surface area (Å²) in [5.74, 6) is -0.739. The van der Waals surface area contributed by atoms with E-state index in [9.17, 15) is 9.90 Å². The zero-order valence-corrected chi connectivity index (χ0v) is 7.78. The molecular formula is C8H8BrNO2. The Morgan fingerprint density at radius 3 is 2.33 bits per heavy atom. The van der Waals surface area contributed by atoms with E-state index in [4.69, 9.17) is 5.73 Å². The molecule has 0 spiro atoms. The lowest BCUT2D eigenvalue weighted by Crippen LogP contribution is -2.20. The highest BCUT2D eigenvalue weighted by molar-refractivity contribution is 9.10. The third-order valence-electron chi connectivity index (χ3n) is 1.46. The van der Waals surface area contributed by atoms with Gasteiger partial charge in [0.05, 0.1) is 0 Å². The molecule has 1 aromatic carbocycles. The molecule has 1 unspecified atom stereocenters. The summed E-state index contributed by atoms with van der Waals surface area (Å²) in [7, 11) is 0. The first-order valence-electron chi connectivity index (χ1n) is 3.34. The molecule has 3 nitrogen and oxygen atoms in total. The fourth-order valence-electron chi connectivity index (χ4n) is 0.809. The van der Waals surface area contributed by atoms with Crippen molar-refractivity contribution in [3.05, 3.63) is 34.3 Å². The summed E-state index contributed by atoms with van der Waals surface area (Å²) in [5, 5.41) is 9.20. The second-order valence-corrected chi connectivity index (χ2v) is 3.27. The number of carbonyl (C=O) groups is 1. The van der Waals surface area contributed by atoms with Gasteiger partial charge in [0, 0.05) is 4.47 Å². The van der Waals surface area contributed by atoms with E-state index >= 15 is 0 Å². The highest BCUT2D eigenvalue weighted by atomic mass is 79.9. The molecule has 12 heavy (non-hydrogen) atoms. The van der Waals surface area contributed by atoms with E-state index in [2.05, 4.69) is 15.9 Å². The van der Waals surface area contributed by atoms with E-state index < -0.39 is 12.0 Å². The Bertz CT molecular complexity index is 284. The fourth-order valence-corrected chi connectivity index (χ4v) is 1.07. The topological polar surface area (TPSA) is 63.3 Å². The van der Waals surface area contributed by atoms with Crippen LogP contribution in [0.1, 0.15) is 11.7 Å². The molecule has 0 fully saturated rings. The minimum Gasteiger partial charge on any atom is -0.378 e. The van der Waals surface area contributed by atoms with Crippen LogP contribution in [0, 0.1) is 0 Å². The van der Waals surface area contributed by atoms with Crippen LogP contribution in [0.3, 0.4) is 0 Å². The van der Waals surface area contributed by atoms with Crippen LogP contribution in [-0.4, -0.2) is 11.0 Å². The van der Waals surface area contributed by atoms with Crippen molar-refractivity contribution in [2.45, 2.75) is 6.10 Å². The summed E-state index contributed by atoms with van der Waals surface area (Å²) in [5.41, 5.74) is 5.41. The number of aliphatic hydroxyl groups is 1. The van der Waals surface area contributed by atoms with E-state index in [0.717, 1.165) is 4.47 Å². The van der Waals surface area contributed by atoms with E-state index in [1.54, 1.807) is 24.3 Å². The Kier molecular flexibility index (Phi) is 2.83. The Morgan fingerprint density at radius 1 is 1.42 bits per heavy atom. The summed E-state index contributed by atoms with van der Waals surface area (Å²) in [6.45, 7) is 0. The van der Waals surface area contributed by atoms with E-state index in [-0.39, 0.29) is 0 Å². The van der Waals surface area contributed by atoms with Gasteiger partial charge in [-0.15, -0.1) is 0 Å². The molecule has 4 heteroatoms. The standard InChI is InChI=1S/C8H8BrNO2/c9-6-3-1-5(2-4-6)7(11)8(10)12/h1-4,7,11H,(H2,10,12). The number of benzene rings is 1. The van der Waals surface area contributed by atoms with Crippen molar-refractivity contribution < 1.29 is 9.90 Å². The maximum atomic E-state index is 10.5. The van der Waals surface area contributed by atoms with Gasteiger partial charge in [0.1, 0.15) is 0 Å². The van der Waals surface area contributed by atoms with Crippen LogP contribution in [0.2, 0.25) is 0 Å². The van der Waals surface area contributed by atoms with Crippen molar-refractivity contribution in [2.24, 2.45) is 5.73 Å². The predicted molar refractivity (Wildman–Crippen MR) is 48.3 cm³/mol. The first-order valence-corrected chi connectivity index (χ1v) is 4.13. The van der Waals surface area contributed by atoms with Gasteiger partial charge in [-0.2, -0.15) is 0 Å². The van der Waals surface area contributed by atoms with Gasteiger partial charge in [-0.3, -0.25) is 4.79 Å². The molecule has 0 aliphatic carbocycles. The zero-order chi connectivity index (χ0) is 9.14. The predicted octanol–water partition coefficient (Wildman–Crippen LogP) is 0.968. The molecule has 1 atom stereocenters. The lowest BCUT2D eigenvalue weighted by molar-refractivity contribution is -0.126. The van der Waals surface area contributed by atoms with Gasteiger partial charge >= 0.3 is 0 Å². The number of carbonyl (C=O) groups excluding carboxylic acids is 1. The second kappa shape index (κ2) is 3.69. The number of nitrogens with two attached hydrogens (primary N) is 1. The van der Waals surface area contributed by atoms with E-state index in [1.165, 1.54) is 0 Å². The molecular weight excluding hydrogens is 222 g/mol. The Balaban J connectivity index is 2.89. The lowest BCUT2D eigenvalue weighted by atomic mass is 10.1. The van der Waals surface area contributed by atoms with Crippen molar-refractivity contribution >= 4 is 21.8 Å². The number of primary amides is 1. The maximum Gasteiger partial charge on any atom is 0.250 e. The summed E-state index contributed by atoms with van der Waals surface area (Å²) >= 11 is 3.23. The molecule has 0 aliphatic rings. The first-order chi connectivity index (χ1) is 5.61. The summed E-state index contributed by atoms with van der Waals surface area (Å²) in [6, 6.07) is 6.75. The largest absolute Gasteiger partial charge is 0.378 e. The van der Waals surface area contributed by atoms with Crippen LogP contribution >= 0.6 is 15.9 Å². The molecule has 0 aromatic heterocycles. The van der Waals surface area contributed by atoms with Crippen molar-refractivity contribution in [3.63, 3.8) is 0 Å². The van der Waals surface area contributed by atoms with Crippen LogP contribution in [0.5, 0.6) is 0 Å². The molecule has 64 valence electrons. The molecule has 0 bridgehead atoms. The van der Waals surface area contributed by atoms with Crippen LogP contribution in [0.15, 0.2) is 28.7 Å². The third-order valence-corrected chi connectivity index (χ3v) is 1.98. The van der Waals surface area contributed by atoms with Crippen LogP contribution in [0.25, 0.3) is 0 Å². The van der Waals surface area contributed by atoms with Crippen molar-refractivity contribution in [1.82, 2.24) is 0 Å². The third kappa shape index (κ3) is 2.06. The smallest absolute Gasteiger partial charge is 0.250 e. The minimum atomic E-state index is -1.21. The lowest BCUT2D eigenvalue weighted by Gasteiger charge is -2.05. The molecule has 3 N–H and O–H groups in total. The van der Waals surface area contributed by atoms with Crippen molar-refractivity contribution in [2.75, 3.05) is 0 Å². The number of hydrogen-bond acceptors (Lipinski definition) is 2. The van der Waals surface area contributed by atoms with Gasteiger partial charge in [0.15, 0.2) is 6.10 Å². The van der Waals surface area contributed by atoms with Crippen LogP contribution in [0.4, 0.5) is 0 Å². The second-order valence-electron chi connectivity index (χ2n) is 2.36. The van der Waals surface area contributed by atoms with E-state index in [0.29, 0.717) is 5.56 Å². The minimum absolute atomic E-state index is 0.505. The highest BCUT2D eigenvalue weighted by Crippen LogP contribution is 2.16. The molecule has 1 amide bonds. The molecule has 0 saturated heterocycles. The Morgan fingerprint density at radius 2 is 1.92 bits per heavy atom. The summed E-state index contributed by atoms with van der Waals surface area (Å²) < 4.78 is 0.892. The van der Waals surface area contributed by atoms with Gasteiger partial charge in [-0.05, 0) is 17.7 Å². The van der Waals surface area contributed by atoms with Crippen molar-refractivity contribution in [3.8, 4) is 0 Å². The monoisotopic (exact) mass is 229 g/mol. The van der Waals surface area contributed by atoms with Crippen molar-refractivity contribution in [1.29, 1.82) is 0 Å². The molecule has 0 aliphatic heterocycles. The van der Waals surface area contributed by atoms with Gasteiger partial charge in [0.25, 0.3) is 5.91 Å². The molecule has 1 aromatic rings. The number of amides is 1. The number of rotatable bonds is 2. The van der Waals surface area contributed by atoms with Gasteiger partial charge in [-0.1, -0.05) is 28.1 Å². The average Bonchev–Trinajstić information content (AvgIpc) is 2.04. The Hall–Kier alpha value is -0.870. The van der Waals surface area contributed by atoms with Gasteiger partial charge < -0.3 is 10.8 Å². The normalized spacial score (nSPS) is 12.5. The molecule has 0 radical (unpaired) electrons. The van der Waals surface area contributed by atoms with E-state index in [1.807, 2.05) is 0 Å². The first kappa shape index (κ1) is 9.22. The summed E-state index contributed by atoms with van der Waals surface area (Å²) in [6.07, 6.45) is -1.21. The molecule has 0 heterocycles.